The van der Waals surface area contributed by atoms with E-state index < -0.39 is 0 Å². The monoisotopic (exact) mass is 114 g/mol. The summed E-state index contributed by atoms with van der Waals surface area (Å²) in [6.07, 6.45) is 3.62. The van der Waals surface area contributed by atoms with Gasteiger partial charge in [-0.05, 0) is 18.0 Å². The van der Waals surface area contributed by atoms with Gasteiger partial charge in [0.05, 0.1) is 0 Å². The van der Waals surface area contributed by atoms with Crippen LogP contribution in [0.15, 0.2) is 23.4 Å². The van der Waals surface area contributed by atoms with Crippen LogP contribution in [-0.2, 0) is 0 Å². The highest BCUT2D eigenvalue weighted by atomic mass is 32.2. The first-order valence-corrected chi connectivity index (χ1v) is 2.81. The molecule has 38 valence electrons. The minimum absolute atomic E-state index is 0.809. The van der Waals surface area contributed by atoms with Crippen LogP contribution in [0.4, 0.5) is 0 Å². The van der Waals surface area contributed by atoms with Gasteiger partial charge in [0, 0.05) is 17.3 Å². The van der Waals surface area contributed by atoms with Crippen LogP contribution < -0.4 is 10.5 Å². The van der Waals surface area contributed by atoms with Gasteiger partial charge in [0.1, 0.15) is 0 Å². The number of allylic oxidation sites excluding steroid dienone is 1. The molecule has 0 radical (unpaired) electrons. The second kappa shape index (κ2) is 1.93. The number of nitrogens with two attached hydrogens (primary N) is 1. The van der Waals surface area contributed by atoms with Crippen molar-refractivity contribution in [2.45, 2.75) is 0 Å². The largest absolute Gasteiger partial charge is 0.398 e. The normalized spacial score (nSPS) is 18.0. The molecule has 3 heteroatoms. The van der Waals surface area contributed by atoms with Gasteiger partial charge in [-0.1, -0.05) is 0 Å². The predicted molar refractivity (Wildman–Crippen MR) is 32.1 cm³/mol. The fourth-order valence-electron chi connectivity index (χ4n) is 0.311. The Hall–Kier alpha value is -0.570. The molecule has 1 rings (SSSR count). The topological polar surface area (TPSA) is 38.0 Å². The summed E-state index contributed by atoms with van der Waals surface area (Å²) in [4.78, 5) is 0. The van der Waals surface area contributed by atoms with E-state index >= 15 is 0 Å². The molecule has 1 aliphatic rings. The Balaban J connectivity index is 2.58. The van der Waals surface area contributed by atoms with Crippen LogP contribution in [0.1, 0.15) is 0 Å². The molecule has 0 aromatic heterocycles. The van der Waals surface area contributed by atoms with E-state index in [1.54, 1.807) is 6.20 Å². The molecule has 0 aromatic rings. The molecule has 7 heavy (non-hydrogen) atoms. The van der Waals surface area contributed by atoms with E-state index in [1.807, 2.05) is 11.5 Å². The van der Waals surface area contributed by atoms with Crippen LogP contribution in [-0.4, -0.2) is 0 Å². The van der Waals surface area contributed by atoms with Crippen molar-refractivity contribution in [1.82, 2.24) is 4.72 Å². The highest BCUT2D eigenvalue weighted by Crippen LogP contribution is 2.03. The summed E-state index contributed by atoms with van der Waals surface area (Å²) in [5, 5.41) is 1.85. The molecular weight excluding hydrogens is 108 g/mol. The van der Waals surface area contributed by atoms with Crippen molar-refractivity contribution in [3.8, 4) is 0 Å². The molecule has 0 amide bonds. The summed E-state index contributed by atoms with van der Waals surface area (Å²) in [5.74, 6) is 0. The van der Waals surface area contributed by atoms with Crippen LogP contribution in [0.2, 0.25) is 0 Å². The lowest BCUT2D eigenvalue weighted by Crippen LogP contribution is -2.00. The van der Waals surface area contributed by atoms with Gasteiger partial charge in [-0.25, -0.2) is 0 Å². The second-order valence-electron chi connectivity index (χ2n) is 1.19. The van der Waals surface area contributed by atoms with Crippen LogP contribution in [0.5, 0.6) is 0 Å². The van der Waals surface area contributed by atoms with E-state index in [0.717, 1.165) is 5.70 Å². The summed E-state index contributed by atoms with van der Waals surface area (Å²) in [5.41, 5.74) is 6.16. The summed E-state index contributed by atoms with van der Waals surface area (Å²) < 4.78 is 2.89. The summed E-state index contributed by atoms with van der Waals surface area (Å²) in [7, 11) is 0. The van der Waals surface area contributed by atoms with Crippen LogP contribution >= 0.6 is 11.9 Å². The number of rotatable bonds is 0. The molecule has 0 aliphatic carbocycles. The van der Waals surface area contributed by atoms with E-state index in [1.165, 1.54) is 11.9 Å². The maximum absolute atomic E-state index is 5.35. The van der Waals surface area contributed by atoms with Crippen molar-refractivity contribution >= 4 is 11.9 Å². The highest BCUT2D eigenvalue weighted by molar-refractivity contribution is 8.00. The zero-order valence-corrected chi connectivity index (χ0v) is 4.53. The molecule has 0 aromatic carbocycles. The van der Waals surface area contributed by atoms with E-state index in [-0.39, 0.29) is 0 Å². The van der Waals surface area contributed by atoms with Gasteiger partial charge in [0.15, 0.2) is 0 Å². The minimum atomic E-state index is 0.809. The lowest BCUT2D eigenvalue weighted by Gasteiger charge is -1.99. The molecule has 2 nitrogen and oxygen atoms in total. The molecule has 0 spiro atoms. The van der Waals surface area contributed by atoms with E-state index in [9.17, 15) is 0 Å². The molecule has 0 unspecified atom stereocenters. The van der Waals surface area contributed by atoms with Crippen molar-refractivity contribution in [3.63, 3.8) is 0 Å². The van der Waals surface area contributed by atoms with Crippen LogP contribution in [0.3, 0.4) is 0 Å². The zero-order valence-electron chi connectivity index (χ0n) is 3.72. The lowest BCUT2D eigenvalue weighted by atomic mass is 10.5. The van der Waals surface area contributed by atoms with Crippen molar-refractivity contribution in [3.05, 3.63) is 23.4 Å². The summed E-state index contributed by atoms with van der Waals surface area (Å²) in [6, 6.07) is 0. The molecule has 1 aliphatic heterocycles. The van der Waals surface area contributed by atoms with Gasteiger partial charge in [-0.15, -0.1) is 0 Å². The van der Waals surface area contributed by atoms with Gasteiger partial charge >= 0.3 is 0 Å². The third-order valence-electron chi connectivity index (χ3n) is 0.607. The fraction of sp³-hybridized carbons (Fsp3) is 0. The van der Waals surface area contributed by atoms with Crippen molar-refractivity contribution in [2.24, 2.45) is 5.73 Å². The van der Waals surface area contributed by atoms with Crippen LogP contribution in [0, 0.1) is 0 Å². The average Bonchev–Trinajstić information content (AvgIpc) is 1.69. The van der Waals surface area contributed by atoms with Crippen molar-refractivity contribution < 1.29 is 0 Å². The van der Waals surface area contributed by atoms with Crippen molar-refractivity contribution in [2.75, 3.05) is 0 Å². The van der Waals surface area contributed by atoms with Gasteiger partial charge < -0.3 is 10.5 Å². The second-order valence-corrected chi connectivity index (χ2v) is 1.89. The maximum atomic E-state index is 5.35. The Morgan fingerprint density at radius 1 is 1.71 bits per heavy atom. The first-order chi connectivity index (χ1) is 3.39. The Morgan fingerprint density at radius 2 is 2.57 bits per heavy atom. The highest BCUT2D eigenvalue weighted by Gasteiger charge is 1.85. The number of hydrogen-bond donors (Lipinski definition) is 2. The molecule has 0 atom stereocenters. The molecule has 0 bridgehead atoms. The average molecular weight is 114 g/mol. The van der Waals surface area contributed by atoms with E-state index in [0.29, 0.717) is 0 Å². The SMILES string of the molecule is NC1=CSNC=C1. The standard InChI is InChI=1S/C4H6N2S/c5-4-1-2-6-7-3-4/h1-3,6H,5H2. The number of hydrogen-bond acceptors (Lipinski definition) is 3. The smallest absolute Gasteiger partial charge is 0.0410 e. The molecular formula is C4H6N2S. The first-order valence-electron chi connectivity index (χ1n) is 1.93. The molecule has 0 fully saturated rings. The molecule has 0 saturated carbocycles. The zero-order chi connectivity index (χ0) is 5.11. The third-order valence-corrected chi connectivity index (χ3v) is 1.27. The van der Waals surface area contributed by atoms with Gasteiger partial charge in [-0.3, -0.25) is 0 Å². The van der Waals surface area contributed by atoms with E-state index in [4.69, 9.17) is 5.73 Å². The predicted octanol–water partition coefficient (Wildman–Crippen LogP) is 0.552. The lowest BCUT2D eigenvalue weighted by molar-refractivity contribution is 1.34. The van der Waals surface area contributed by atoms with Gasteiger partial charge in [0.25, 0.3) is 0 Å². The Morgan fingerprint density at radius 3 is 2.86 bits per heavy atom. The Kier molecular flexibility index (Phi) is 1.26. The van der Waals surface area contributed by atoms with Gasteiger partial charge in [-0.2, -0.15) is 0 Å². The molecule has 0 saturated heterocycles. The summed E-state index contributed by atoms with van der Waals surface area (Å²) in [6.45, 7) is 0. The molecule has 1 heterocycles. The fourth-order valence-corrected chi connectivity index (χ4v) is 0.740. The first kappa shape index (κ1) is 4.59. The van der Waals surface area contributed by atoms with Crippen LogP contribution in [0.25, 0.3) is 0 Å². The minimum Gasteiger partial charge on any atom is -0.398 e. The maximum Gasteiger partial charge on any atom is 0.0410 e. The summed E-state index contributed by atoms with van der Waals surface area (Å²) >= 11 is 1.48. The Labute approximate surface area is 46.6 Å². The van der Waals surface area contributed by atoms with Crippen molar-refractivity contribution in [1.29, 1.82) is 0 Å². The third kappa shape index (κ3) is 1.16. The molecule has 3 N–H and O–H groups in total. The van der Waals surface area contributed by atoms with E-state index in [2.05, 4.69) is 4.72 Å². The van der Waals surface area contributed by atoms with Gasteiger partial charge in [0.2, 0.25) is 0 Å². The Bertz CT molecular complexity index is 117. The number of nitrogens with one attached hydrogen (secondary N) is 1. The quantitative estimate of drug-likeness (QED) is 0.452.